The summed E-state index contributed by atoms with van der Waals surface area (Å²) in [5.41, 5.74) is 1.24. The van der Waals surface area contributed by atoms with E-state index in [1.807, 2.05) is 0 Å². The number of hydrogen-bond acceptors (Lipinski definition) is 4. The molecule has 0 aromatic carbocycles. The van der Waals surface area contributed by atoms with Gasteiger partial charge in [0.1, 0.15) is 5.01 Å². The van der Waals surface area contributed by atoms with Crippen LogP contribution < -0.4 is 5.32 Å². The zero-order valence-corrected chi connectivity index (χ0v) is 12.8. The van der Waals surface area contributed by atoms with Crippen molar-refractivity contribution in [2.24, 2.45) is 11.8 Å². The highest BCUT2D eigenvalue weighted by molar-refractivity contribution is 7.09. The normalized spacial score (nSPS) is 25.2. The minimum Gasteiger partial charge on any atom is -0.308 e. The van der Waals surface area contributed by atoms with Gasteiger partial charge >= 0.3 is 0 Å². The Morgan fingerprint density at radius 1 is 1.39 bits per heavy atom. The number of rotatable bonds is 5. The van der Waals surface area contributed by atoms with Crippen molar-refractivity contribution in [3.05, 3.63) is 16.1 Å². The maximum Gasteiger partial charge on any atom is 0.107 e. The summed E-state index contributed by atoms with van der Waals surface area (Å²) >= 11 is 1.78. The van der Waals surface area contributed by atoms with Gasteiger partial charge in [-0.05, 0) is 11.8 Å². The van der Waals surface area contributed by atoms with E-state index in [-0.39, 0.29) is 0 Å². The molecule has 0 radical (unpaired) electrons. The van der Waals surface area contributed by atoms with Crippen LogP contribution in [0.4, 0.5) is 0 Å². The predicted molar refractivity (Wildman–Crippen MR) is 77.7 cm³/mol. The molecule has 1 fully saturated rings. The maximum absolute atomic E-state index is 4.71. The maximum atomic E-state index is 4.71. The highest BCUT2D eigenvalue weighted by Gasteiger charge is 2.26. The van der Waals surface area contributed by atoms with Crippen molar-refractivity contribution in [1.29, 1.82) is 0 Å². The second kappa shape index (κ2) is 6.13. The Morgan fingerprint density at radius 2 is 2.06 bits per heavy atom. The molecule has 0 saturated carbocycles. The van der Waals surface area contributed by atoms with Gasteiger partial charge < -0.3 is 5.32 Å². The van der Waals surface area contributed by atoms with Crippen LogP contribution in [0.1, 0.15) is 38.4 Å². The summed E-state index contributed by atoms with van der Waals surface area (Å²) in [4.78, 5) is 7.24. The number of likely N-dealkylation sites (tertiary alicyclic amines) is 1. The van der Waals surface area contributed by atoms with E-state index < -0.39 is 0 Å². The van der Waals surface area contributed by atoms with E-state index in [1.165, 1.54) is 23.8 Å². The quantitative estimate of drug-likeness (QED) is 0.889. The van der Waals surface area contributed by atoms with Gasteiger partial charge in [0.05, 0.1) is 5.69 Å². The molecule has 4 heteroatoms. The van der Waals surface area contributed by atoms with Gasteiger partial charge in [0, 0.05) is 37.6 Å². The van der Waals surface area contributed by atoms with Crippen LogP contribution in [0.5, 0.6) is 0 Å². The van der Waals surface area contributed by atoms with Crippen LogP contribution in [-0.4, -0.2) is 29.0 Å². The molecule has 2 rings (SSSR count). The fourth-order valence-corrected chi connectivity index (χ4v) is 3.14. The summed E-state index contributed by atoms with van der Waals surface area (Å²) in [7, 11) is 0. The molecule has 1 aliphatic rings. The Kier molecular flexibility index (Phi) is 4.76. The molecule has 3 nitrogen and oxygen atoms in total. The summed E-state index contributed by atoms with van der Waals surface area (Å²) in [5.74, 6) is 1.65. The molecule has 2 unspecified atom stereocenters. The van der Waals surface area contributed by atoms with E-state index >= 15 is 0 Å². The molecule has 102 valence electrons. The Labute approximate surface area is 115 Å². The van der Waals surface area contributed by atoms with Crippen LogP contribution in [0.2, 0.25) is 0 Å². The third-order valence-electron chi connectivity index (χ3n) is 3.71. The zero-order chi connectivity index (χ0) is 13.1. The summed E-state index contributed by atoms with van der Waals surface area (Å²) < 4.78 is 0. The van der Waals surface area contributed by atoms with E-state index in [0.29, 0.717) is 6.04 Å². The van der Waals surface area contributed by atoms with Gasteiger partial charge in [-0.2, -0.15) is 0 Å². The lowest BCUT2D eigenvalue weighted by atomic mass is 10.0. The smallest absolute Gasteiger partial charge is 0.107 e. The molecule has 2 heterocycles. The first-order valence-corrected chi connectivity index (χ1v) is 7.81. The SMILES string of the molecule is CC(C)NCc1nc(CN2CC(C)C(C)C2)cs1. The summed E-state index contributed by atoms with van der Waals surface area (Å²) in [6.45, 7) is 13.4. The number of aromatic nitrogens is 1. The monoisotopic (exact) mass is 267 g/mol. The van der Waals surface area contributed by atoms with Crippen LogP contribution in [0.3, 0.4) is 0 Å². The largest absolute Gasteiger partial charge is 0.308 e. The van der Waals surface area contributed by atoms with Crippen molar-refractivity contribution in [2.45, 2.75) is 46.8 Å². The molecule has 0 bridgehead atoms. The highest BCUT2D eigenvalue weighted by atomic mass is 32.1. The fraction of sp³-hybridized carbons (Fsp3) is 0.786. The standard InChI is InChI=1S/C14H25N3S/c1-10(2)15-5-14-16-13(9-18-14)8-17-6-11(3)12(4)7-17/h9-12,15H,5-8H2,1-4H3. The van der Waals surface area contributed by atoms with Gasteiger partial charge in [-0.3, -0.25) is 4.90 Å². The Morgan fingerprint density at radius 3 is 2.67 bits per heavy atom. The molecule has 0 amide bonds. The van der Waals surface area contributed by atoms with Crippen molar-refractivity contribution < 1.29 is 0 Å². The van der Waals surface area contributed by atoms with E-state index in [4.69, 9.17) is 4.98 Å². The molecule has 0 spiro atoms. The molecule has 1 aromatic heterocycles. The van der Waals surface area contributed by atoms with E-state index in [1.54, 1.807) is 11.3 Å². The molecule has 1 aliphatic heterocycles. The first-order chi connectivity index (χ1) is 8.54. The zero-order valence-electron chi connectivity index (χ0n) is 11.9. The van der Waals surface area contributed by atoms with Crippen molar-refractivity contribution in [3.63, 3.8) is 0 Å². The number of nitrogens with zero attached hydrogens (tertiary/aromatic N) is 2. The van der Waals surface area contributed by atoms with E-state index in [2.05, 4.69) is 43.3 Å². The molecule has 18 heavy (non-hydrogen) atoms. The summed E-state index contributed by atoms with van der Waals surface area (Å²) in [6, 6.07) is 0.526. The first kappa shape index (κ1) is 14.0. The Balaban J connectivity index is 1.83. The molecule has 2 atom stereocenters. The topological polar surface area (TPSA) is 28.2 Å². The number of thiazole rings is 1. The molecule has 1 saturated heterocycles. The highest BCUT2D eigenvalue weighted by Crippen LogP contribution is 2.24. The van der Waals surface area contributed by atoms with Crippen molar-refractivity contribution in [1.82, 2.24) is 15.2 Å². The minimum atomic E-state index is 0.526. The van der Waals surface area contributed by atoms with Gasteiger partial charge in [0.25, 0.3) is 0 Å². The minimum absolute atomic E-state index is 0.526. The van der Waals surface area contributed by atoms with E-state index in [9.17, 15) is 0 Å². The van der Waals surface area contributed by atoms with Crippen LogP contribution >= 0.6 is 11.3 Å². The lowest BCUT2D eigenvalue weighted by molar-refractivity contribution is 0.312. The molecule has 0 aliphatic carbocycles. The van der Waals surface area contributed by atoms with Gasteiger partial charge in [-0.1, -0.05) is 27.7 Å². The van der Waals surface area contributed by atoms with Crippen LogP contribution in [-0.2, 0) is 13.1 Å². The molecule has 1 aromatic rings. The lowest BCUT2D eigenvalue weighted by Crippen LogP contribution is -2.22. The van der Waals surface area contributed by atoms with Crippen molar-refractivity contribution in [3.8, 4) is 0 Å². The van der Waals surface area contributed by atoms with E-state index in [0.717, 1.165) is 24.9 Å². The van der Waals surface area contributed by atoms with Crippen molar-refractivity contribution in [2.75, 3.05) is 13.1 Å². The molecular weight excluding hydrogens is 242 g/mol. The van der Waals surface area contributed by atoms with Gasteiger partial charge in [0.15, 0.2) is 0 Å². The van der Waals surface area contributed by atoms with Crippen LogP contribution in [0.25, 0.3) is 0 Å². The number of hydrogen-bond donors (Lipinski definition) is 1. The average molecular weight is 267 g/mol. The molecule has 1 N–H and O–H groups in total. The second-order valence-electron chi connectivity index (χ2n) is 5.92. The van der Waals surface area contributed by atoms with Gasteiger partial charge in [-0.25, -0.2) is 4.98 Å². The third kappa shape index (κ3) is 3.77. The van der Waals surface area contributed by atoms with Gasteiger partial charge in [-0.15, -0.1) is 11.3 Å². The first-order valence-electron chi connectivity index (χ1n) is 6.93. The second-order valence-corrected chi connectivity index (χ2v) is 6.86. The summed E-state index contributed by atoms with van der Waals surface area (Å²) in [6.07, 6.45) is 0. The Bertz CT molecular complexity index is 365. The average Bonchev–Trinajstić information content (AvgIpc) is 2.85. The number of nitrogens with one attached hydrogen (secondary N) is 1. The summed E-state index contributed by atoms with van der Waals surface area (Å²) in [5, 5.41) is 6.84. The lowest BCUT2D eigenvalue weighted by Gasteiger charge is -2.13. The van der Waals surface area contributed by atoms with Crippen LogP contribution in [0, 0.1) is 11.8 Å². The van der Waals surface area contributed by atoms with Crippen molar-refractivity contribution >= 4 is 11.3 Å². The fourth-order valence-electron chi connectivity index (χ4n) is 2.40. The van der Waals surface area contributed by atoms with Crippen LogP contribution in [0.15, 0.2) is 5.38 Å². The molecular formula is C14H25N3S. The third-order valence-corrected chi connectivity index (χ3v) is 4.61. The van der Waals surface area contributed by atoms with Gasteiger partial charge in [0.2, 0.25) is 0 Å². The predicted octanol–water partition coefficient (Wildman–Crippen LogP) is 2.73. The Hall–Kier alpha value is -0.450.